The molecule has 24 heavy (non-hydrogen) atoms. The Kier molecular flexibility index (Phi) is 3.74. The Labute approximate surface area is 140 Å². The second-order valence-electron chi connectivity index (χ2n) is 6.21. The molecular formula is C18H20N6. The van der Waals surface area contributed by atoms with Gasteiger partial charge < -0.3 is 9.47 Å². The van der Waals surface area contributed by atoms with Crippen molar-refractivity contribution in [3.8, 4) is 0 Å². The second-order valence-corrected chi connectivity index (χ2v) is 6.21. The molecule has 2 aromatic heterocycles. The average Bonchev–Trinajstić information content (AvgIpc) is 3.15. The van der Waals surface area contributed by atoms with E-state index in [1.807, 2.05) is 35.0 Å². The molecule has 122 valence electrons. The van der Waals surface area contributed by atoms with Gasteiger partial charge >= 0.3 is 0 Å². The Morgan fingerprint density at radius 3 is 2.42 bits per heavy atom. The van der Waals surface area contributed by atoms with Crippen LogP contribution in [0.1, 0.15) is 5.82 Å². The van der Waals surface area contributed by atoms with Crippen molar-refractivity contribution in [2.24, 2.45) is 0 Å². The van der Waals surface area contributed by atoms with Crippen molar-refractivity contribution in [3.05, 3.63) is 54.4 Å². The lowest BCUT2D eigenvalue weighted by atomic mass is 10.3. The monoisotopic (exact) mass is 320 g/mol. The Bertz CT molecular complexity index is 981. The number of aromatic nitrogens is 5. The summed E-state index contributed by atoms with van der Waals surface area (Å²) >= 11 is 0. The molecule has 0 saturated carbocycles. The molecule has 0 N–H and O–H groups in total. The van der Waals surface area contributed by atoms with E-state index in [0.717, 1.165) is 35.5 Å². The maximum atomic E-state index is 4.83. The van der Waals surface area contributed by atoms with Crippen LogP contribution in [0.5, 0.6) is 0 Å². The number of likely N-dealkylation sites (N-methyl/N-ethyl adjacent to an activating group) is 1. The summed E-state index contributed by atoms with van der Waals surface area (Å²) in [6.45, 7) is 2.48. The number of fused-ring (bicyclic) bond motifs is 2. The van der Waals surface area contributed by atoms with Gasteiger partial charge in [0.1, 0.15) is 17.9 Å². The molecule has 0 atom stereocenters. The molecule has 2 heterocycles. The van der Waals surface area contributed by atoms with Gasteiger partial charge in [-0.3, -0.25) is 0 Å². The Hall–Kier alpha value is -2.73. The van der Waals surface area contributed by atoms with Gasteiger partial charge in [0.25, 0.3) is 0 Å². The predicted molar refractivity (Wildman–Crippen MR) is 94.9 cm³/mol. The summed E-state index contributed by atoms with van der Waals surface area (Å²) in [6, 6.07) is 16.3. The van der Waals surface area contributed by atoms with Crippen molar-refractivity contribution >= 4 is 22.1 Å². The van der Waals surface area contributed by atoms with E-state index < -0.39 is 0 Å². The zero-order chi connectivity index (χ0) is 16.5. The van der Waals surface area contributed by atoms with Crippen LogP contribution in [0.25, 0.3) is 22.1 Å². The lowest BCUT2D eigenvalue weighted by molar-refractivity contribution is 0.382. The van der Waals surface area contributed by atoms with Gasteiger partial charge in [-0.25, -0.2) is 9.67 Å². The standard InChI is InChI=1S/C18H20N6/c1-22(2)11-12-23-16-9-5-3-7-14(16)19-18(23)13-24-17-10-6-4-8-15(17)20-21-24/h3-10H,11-13H2,1-2H3. The van der Waals surface area contributed by atoms with E-state index in [4.69, 9.17) is 4.98 Å². The lowest BCUT2D eigenvalue weighted by Gasteiger charge is -2.13. The Balaban J connectivity index is 1.76. The van der Waals surface area contributed by atoms with Gasteiger partial charge in [-0.05, 0) is 38.4 Å². The smallest absolute Gasteiger partial charge is 0.131 e. The lowest BCUT2D eigenvalue weighted by Crippen LogP contribution is -2.20. The maximum Gasteiger partial charge on any atom is 0.131 e. The molecule has 0 aliphatic heterocycles. The minimum Gasteiger partial charge on any atom is -0.325 e. The third kappa shape index (κ3) is 2.65. The molecule has 0 aliphatic rings. The number of hydrogen-bond acceptors (Lipinski definition) is 4. The van der Waals surface area contributed by atoms with Crippen LogP contribution in [-0.4, -0.2) is 50.1 Å². The first-order valence-corrected chi connectivity index (χ1v) is 8.09. The normalized spacial score (nSPS) is 11.8. The van der Waals surface area contributed by atoms with E-state index in [2.05, 4.69) is 52.1 Å². The quantitative estimate of drug-likeness (QED) is 0.566. The zero-order valence-electron chi connectivity index (χ0n) is 13.9. The van der Waals surface area contributed by atoms with E-state index in [0.29, 0.717) is 6.54 Å². The van der Waals surface area contributed by atoms with E-state index in [1.54, 1.807) is 0 Å². The number of hydrogen-bond donors (Lipinski definition) is 0. The molecule has 4 rings (SSSR count). The van der Waals surface area contributed by atoms with E-state index in [1.165, 1.54) is 5.52 Å². The van der Waals surface area contributed by atoms with Gasteiger partial charge in [0.05, 0.1) is 16.6 Å². The predicted octanol–water partition coefficient (Wildman–Crippen LogP) is 2.39. The van der Waals surface area contributed by atoms with Crippen LogP contribution in [0.15, 0.2) is 48.5 Å². The molecule has 4 aromatic rings. The first-order chi connectivity index (χ1) is 11.7. The summed E-state index contributed by atoms with van der Waals surface area (Å²) in [4.78, 5) is 7.01. The zero-order valence-corrected chi connectivity index (χ0v) is 13.9. The summed E-state index contributed by atoms with van der Waals surface area (Å²) in [5.74, 6) is 1.01. The fourth-order valence-electron chi connectivity index (χ4n) is 2.96. The molecule has 0 radical (unpaired) electrons. The fourth-order valence-corrected chi connectivity index (χ4v) is 2.96. The summed E-state index contributed by atoms with van der Waals surface area (Å²) in [5.41, 5.74) is 4.13. The molecular weight excluding hydrogens is 300 g/mol. The Morgan fingerprint density at radius 1 is 0.917 bits per heavy atom. The van der Waals surface area contributed by atoms with Crippen LogP contribution in [-0.2, 0) is 13.1 Å². The number of imidazole rings is 1. The summed E-state index contributed by atoms with van der Waals surface area (Å²) < 4.78 is 4.20. The SMILES string of the molecule is CN(C)CCn1c(Cn2nnc3ccccc32)nc2ccccc21. The largest absolute Gasteiger partial charge is 0.325 e. The topological polar surface area (TPSA) is 51.8 Å². The molecule has 0 spiro atoms. The molecule has 0 fully saturated rings. The van der Waals surface area contributed by atoms with Gasteiger partial charge in [-0.15, -0.1) is 5.10 Å². The van der Waals surface area contributed by atoms with Crippen LogP contribution >= 0.6 is 0 Å². The van der Waals surface area contributed by atoms with E-state index >= 15 is 0 Å². The van der Waals surface area contributed by atoms with Crippen molar-refractivity contribution in [1.82, 2.24) is 29.4 Å². The van der Waals surface area contributed by atoms with Crippen molar-refractivity contribution in [2.75, 3.05) is 20.6 Å². The summed E-state index contributed by atoms with van der Waals surface area (Å²) in [7, 11) is 4.17. The van der Waals surface area contributed by atoms with Gasteiger partial charge in [0, 0.05) is 13.1 Å². The number of rotatable bonds is 5. The molecule has 0 amide bonds. The highest BCUT2D eigenvalue weighted by Crippen LogP contribution is 2.18. The molecule has 0 bridgehead atoms. The van der Waals surface area contributed by atoms with E-state index in [9.17, 15) is 0 Å². The van der Waals surface area contributed by atoms with Crippen molar-refractivity contribution < 1.29 is 0 Å². The van der Waals surface area contributed by atoms with Gasteiger partial charge in [0.15, 0.2) is 0 Å². The van der Waals surface area contributed by atoms with Crippen LogP contribution in [0.2, 0.25) is 0 Å². The van der Waals surface area contributed by atoms with Crippen molar-refractivity contribution in [1.29, 1.82) is 0 Å². The minimum atomic E-state index is 0.614. The molecule has 6 heteroatoms. The second kappa shape index (κ2) is 6.05. The summed E-state index contributed by atoms with van der Waals surface area (Å²) in [5, 5.41) is 8.54. The first kappa shape index (κ1) is 14.8. The maximum absolute atomic E-state index is 4.83. The highest BCUT2D eigenvalue weighted by atomic mass is 15.4. The van der Waals surface area contributed by atoms with Crippen molar-refractivity contribution in [3.63, 3.8) is 0 Å². The first-order valence-electron chi connectivity index (χ1n) is 8.09. The third-order valence-electron chi connectivity index (χ3n) is 4.22. The fraction of sp³-hybridized carbons (Fsp3) is 0.278. The van der Waals surface area contributed by atoms with Gasteiger partial charge in [-0.1, -0.05) is 29.5 Å². The van der Waals surface area contributed by atoms with Crippen LogP contribution in [0, 0.1) is 0 Å². The third-order valence-corrected chi connectivity index (χ3v) is 4.22. The molecule has 0 aliphatic carbocycles. The summed E-state index contributed by atoms with van der Waals surface area (Å²) in [6.07, 6.45) is 0. The number of para-hydroxylation sites is 3. The molecule has 0 unspecified atom stereocenters. The van der Waals surface area contributed by atoms with Gasteiger partial charge in [-0.2, -0.15) is 0 Å². The van der Waals surface area contributed by atoms with Gasteiger partial charge in [0.2, 0.25) is 0 Å². The van der Waals surface area contributed by atoms with Crippen LogP contribution < -0.4 is 0 Å². The average molecular weight is 320 g/mol. The highest BCUT2D eigenvalue weighted by molar-refractivity contribution is 5.76. The molecule has 0 saturated heterocycles. The van der Waals surface area contributed by atoms with Crippen LogP contribution in [0.3, 0.4) is 0 Å². The van der Waals surface area contributed by atoms with Crippen LogP contribution in [0.4, 0.5) is 0 Å². The highest BCUT2D eigenvalue weighted by Gasteiger charge is 2.13. The minimum absolute atomic E-state index is 0.614. The molecule has 6 nitrogen and oxygen atoms in total. The number of nitrogens with zero attached hydrogens (tertiary/aromatic N) is 6. The van der Waals surface area contributed by atoms with E-state index in [-0.39, 0.29) is 0 Å². The number of benzene rings is 2. The van der Waals surface area contributed by atoms with Crippen molar-refractivity contribution in [2.45, 2.75) is 13.1 Å². The molecule has 2 aromatic carbocycles. The Morgan fingerprint density at radius 2 is 1.62 bits per heavy atom.